The molecule has 2 aromatic carbocycles. The van der Waals surface area contributed by atoms with Crippen molar-refractivity contribution in [1.29, 1.82) is 10.5 Å². The number of benzene rings is 2. The fraction of sp³-hybridized carbons (Fsp3) is 0.0909. The van der Waals surface area contributed by atoms with E-state index in [0.29, 0.717) is 11.3 Å². The molecular formula is C22H18N6. The van der Waals surface area contributed by atoms with E-state index in [-0.39, 0.29) is 11.8 Å². The lowest BCUT2D eigenvalue weighted by atomic mass is 10.0. The van der Waals surface area contributed by atoms with Gasteiger partial charge in [0.1, 0.15) is 5.82 Å². The number of rotatable bonds is 5. The van der Waals surface area contributed by atoms with E-state index in [1.165, 1.54) is 18.3 Å². The third-order valence-corrected chi connectivity index (χ3v) is 3.42. The summed E-state index contributed by atoms with van der Waals surface area (Å²) >= 11 is 0. The number of aromatic nitrogens is 2. The van der Waals surface area contributed by atoms with E-state index in [2.05, 4.69) is 20.6 Å². The van der Waals surface area contributed by atoms with Crippen molar-refractivity contribution in [3.8, 4) is 12.1 Å². The maximum absolute atomic E-state index is 9.01. The zero-order valence-corrected chi connectivity index (χ0v) is 14.3. The van der Waals surface area contributed by atoms with Crippen LogP contribution in [0.5, 0.6) is 0 Å². The van der Waals surface area contributed by atoms with Gasteiger partial charge in [-0.2, -0.15) is 15.5 Å². The first-order valence-corrected chi connectivity index (χ1v) is 7.82. The van der Waals surface area contributed by atoms with Gasteiger partial charge in [-0.25, -0.2) is 4.98 Å². The molecule has 0 radical (unpaired) electrons. The number of nitrogens with one attached hydrogen (secondary N) is 2. The predicted octanol–water partition coefficient (Wildman–Crippen LogP) is 4.99. The van der Waals surface area contributed by atoms with Gasteiger partial charge in [-0.3, -0.25) is 0 Å². The number of allylic oxidation sites excluding steroid dienone is 1. The molecule has 0 atom stereocenters. The lowest BCUT2D eigenvalue weighted by molar-refractivity contribution is 1.16. The second-order valence-electron chi connectivity index (χ2n) is 5.32. The van der Waals surface area contributed by atoms with Crippen LogP contribution in [0.2, 0.25) is 0 Å². The first-order chi connectivity index (χ1) is 17.7. The molecule has 0 spiro atoms. The summed E-state index contributed by atoms with van der Waals surface area (Å²) in [6.07, 6.45) is 1.30. The fourth-order valence-corrected chi connectivity index (χ4v) is 2.18. The molecule has 1 heterocycles. The maximum atomic E-state index is 9.01. The van der Waals surface area contributed by atoms with Crippen molar-refractivity contribution in [3.05, 3.63) is 76.9 Å². The number of nitriles is 2. The highest BCUT2D eigenvalue weighted by molar-refractivity contribution is 5.69. The Hall–Kier alpha value is -4.16. The zero-order chi connectivity index (χ0) is 28.4. The fourth-order valence-electron chi connectivity index (χ4n) is 2.18. The molecule has 6 nitrogen and oxygen atoms in total. The van der Waals surface area contributed by atoms with Gasteiger partial charge in [-0.1, -0.05) is 0 Å². The Morgan fingerprint density at radius 3 is 2.50 bits per heavy atom. The van der Waals surface area contributed by atoms with Gasteiger partial charge in [0.2, 0.25) is 5.95 Å². The first-order valence-electron chi connectivity index (χ1n) is 12.8. The lowest BCUT2D eigenvalue weighted by Gasteiger charge is -2.14. The molecule has 1 aromatic heterocycles. The molecule has 0 unspecified atom stereocenters. The standard InChI is InChI=1S/C22H18N6/c1-15-12-18(4-3-10-23)13-16(2)21(15)27-20-9-11-25-22(28-20)26-19-7-5-17(14-24)6-8-19/h3-9,11-13H,1-2H3,(H2,25,26,27,28)/b4-3+/i1D3,2D3,3D,4D,12D,13D. The molecule has 28 heavy (non-hydrogen) atoms. The average molecular weight is 376 g/mol. The smallest absolute Gasteiger partial charge is 0.229 e. The van der Waals surface area contributed by atoms with Crippen molar-refractivity contribution in [2.45, 2.75) is 13.7 Å². The molecule has 0 fully saturated rings. The Morgan fingerprint density at radius 2 is 1.86 bits per heavy atom. The number of hydrogen-bond acceptors (Lipinski definition) is 6. The third-order valence-electron chi connectivity index (χ3n) is 3.42. The van der Waals surface area contributed by atoms with Crippen LogP contribution in [-0.4, -0.2) is 9.97 Å². The SMILES string of the molecule is [2H]/C(C#N)=C(/[2H])c1c([2H])c(C([2H])([2H])[2H])c(Nc2ccnc(Nc3ccc(C#N)cc3)n2)c(C([2H])([2H])[2H])c1[2H]. The van der Waals surface area contributed by atoms with Crippen LogP contribution in [0.3, 0.4) is 0 Å². The van der Waals surface area contributed by atoms with Crippen LogP contribution < -0.4 is 10.6 Å². The molecule has 2 N–H and O–H groups in total. The summed E-state index contributed by atoms with van der Waals surface area (Å²) in [6.45, 7) is -6.18. The molecule has 0 aliphatic heterocycles. The minimum Gasteiger partial charge on any atom is -0.340 e. The predicted molar refractivity (Wildman–Crippen MR) is 110 cm³/mol. The van der Waals surface area contributed by atoms with E-state index in [0.717, 1.165) is 0 Å². The van der Waals surface area contributed by atoms with E-state index < -0.39 is 60.3 Å². The molecule has 6 heteroatoms. The van der Waals surface area contributed by atoms with Gasteiger partial charge in [0.25, 0.3) is 0 Å². The van der Waals surface area contributed by atoms with Gasteiger partial charge in [-0.15, -0.1) is 0 Å². The molecule has 0 amide bonds. The van der Waals surface area contributed by atoms with E-state index in [1.807, 2.05) is 6.07 Å². The summed E-state index contributed by atoms with van der Waals surface area (Å²) in [5, 5.41) is 23.4. The van der Waals surface area contributed by atoms with Crippen molar-refractivity contribution in [1.82, 2.24) is 9.97 Å². The summed E-state index contributed by atoms with van der Waals surface area (Å²) in [5.74, 6) is -0.0397. The molecular weight excluding hydrogens is 348 g/mol. The average Bonchev–Trinajstić information content (AvgIpc) is 2.82. The Kier molecular flexibility index (Phi) is 2.93. The second kappa shape index (κ2) is 8.48. The molecule has 0 aliphatic rings. The summed E-state index contributed by atoms with van der Waals surface area (Å²) in [5.41, 5.74) is -2.03. The van der Waals surface area contributed by atoms with Gasteiger partial charge in [0.15, 0.2) is 0 Å². The minimum absolute atomic E-state index is 0.0311. The van der Waals surface area contributed by atoms with Crippen molar-refractivity contribution in [2.75, 3.05) is 10.6 Å². The highest BCUT2D eigenvalue weighted by Gasteiger charge is 2.07. The van der Waals surface area contributed by atoms with Gasteiger partial charge in [0, 0.05) is 31.8 Å². The monoisotopic (exact) mass is 376 g/mol. The number of nitrogens with zero attached hydrogens (tertiary/aromatic N) is 4. The van der Waals surface area contributed by atoms with Crippen molar-refractivity contribution in [3.63, 3.8) is 0 Å². The van der Waals surface area contributed by atoms with Crippen molar-refractivity contribution >= 4 is 29.2 Å². The minimum atomic E-state index is -3.09. The molecule has 0 saturated heterocycles. The van der Waals surface area contributed by atoms with Crippen LogP contribution in [0.25, 0.3) is 6.05 Å². The first kappa shape index (κ1) is 9.68. The molecule has 3 rings (SSSR count). The van der Waals surface area contributed by atoms with E-state index in [4.69, 9.17) is 24.2 Å². The van der Waals surface area contributed by atoms with Crippen LogP contribution >= 0.6 is 0 Å². The second-order valence-corrected chi connectivity index (χ2v) is 5.32. The topological polar surface area (TPSA) is 97.4 Å². The normalized spacial score (nSPS) is 17.1. The van der Waals surface area contributed by atoms with E-state index in [1.54, 1.807) is 24.3 Å². The Morgan fingerprint density at radius 1 is 1.11 bits per heavy atom. The number of hydrogen-bond donors (Lipinski definition) is 2. The van der Waals surface area contributed by atoms with E-state index in [9.17, 15) is 0 Å². The Bertz CT molecular complexity index is 1450. The highest BCUT2D eigenvalue weighted by Crippen LogP contribution is 2.26. The quantitative estimate of drug-likeness (QED) is 0.609. The zero-order valence-electron chi connectivity index (χ0n) is 24.3. The van der Waals surface area contributed by atoms with Gasteiger partial charge in [-0.05, 0) is 78.9 Å². The summed E-state index contributed by atoms with van der Waals surface area (Å²) < 4.78 is 80.4. The highest BCUT2D eigenvalue weighted by atomic mass is 15.1. The Labute approximate surface area is 177 Å². The molecule has 3 aromatic rings. The number of anilines is 4. The van der Waals surface area contributed by atoms with Crippen LogP contribution in [0.15, 0.2) is 54.7 Å². The molecule has 0 saturated carbocycles. The maximum Gasteiger partial charge on any atom is 0.229 e. The molecule has 136 valence electrons. The molecule has 0 aliphatic carbocycles. The van der Waals surface area contributed by atoms with Gasteiger partial charge >= 0.3 is 0 Å². The molecule has 0 bridgehead atoms. The summed E-state index contributed by atoms with van der Waals surface area (Å²) in [7, 11) is 0. The third kappa shape index (κ3) is 4.51. The summed E-state index contributed by atoms with van der Waals surface area (Å²) in [6, 6.07) is 7.32. The van der Waals surface area contributed by atoms with Crippen molar-refractivity contribution in [2.24, 2.45) is 0 Å². The van der Waals surface area contributed by atoms with Gasteiger partial charge in [0.05, 0.1) is 23.2 Å². The van der Waals surface area contributed by atoms with Crippen LogP contribution in [-0.2, 0) is 0 Å². The summed E-state index contributed by atoms with van der Waals surface area (Å²) in [4.78, 5) is 8.26. The van der Waals surface area contributed by atoms with Gasteiger partial charge < -0.3 is 10.6 Å². The van der Waals surface area contributed by atoms with E-state index >= 15 is 0 Å². The van der Waals surface area contributed by atoms with Crippen molar-refractivity contribution < 1.29 is 13.7 Å². The van der Waals surface area contributed by atoms with Crippen LogP contribution in [0.1, 0.15) is 36.0 Å². The largest absolute Gasteiger partial charge is 0.340 e. The van der Waals surface area contributed by atoms with Crippen LogP contribution in [0.4, 0.5) is 23.1 Å². The Balaban J connectivity index is 2.22. The lowest BCUT2D eigenvalue weighted by Crippen LogP contribution is -2.02. The van der Waals surface area contributed by atoms with Crippen LogP contribution in [0, 0.1) is 36.4 Å².